The predicted molar refractivity (Wildman–Crippen MR) is 181 cm³/mol. The van der Waals surface area contributed by atoms with Gasteiger partial charge in [0.1, 0.15) is 49.9 Å². The largest absolute Gasteiger partial charge is 1.00 e. The van der Waals surface area contributed by atoms with Crippen LogP contribution in [0.25, 0.3) is 0 Å². The van der Waals surface area contributed by atoms with Crippen molar-refractivity contribution >= 4 is 55.0 Å². The minimum atomic E-state index is -4.95. The second-order valence-electron chi connectivity index (χ2n) is 11.5. The van der Waals surface area contributed by atoms with Gasteiger partial charge < -0.3 is 64.1 Å². The van der Waals surface area contributed by atoms with Crippen molar-refractivity contribution in [2.45, 2.75) is 121 Å². The molecule has 1 rings (SSSR count). The Balaban J connectivity index is -0.00000972. The average Bonchev–Trinajstić information content (AvgIpc) is 3.01. The molecule has 0 saturated heterocycles. The molecule has 0 spiro atoms. The van der Waals surface area contributed by atoms with E-state index in [1.54, 1.807) is 9.44 Å². The second kappa shape index (κ2) is 31.3. The van der Waals surface area contributed by atoms with Crippen LogP contribution in [0.2, 0.25) is 0 Å². The molecule has 0 aliphatic rings. The van der Waals surface area contributed by atoms with Gasteiger partial charge in [-0.05, 0) is 70.6 Å². The Hall–Kier alpha value is 0.410. The number of hydrogen-bond donors (Lipinski definition) is 10. The number of aromatic nitrogens is 3. The number of rotatable bonds is 31. The van der Waals surface area contributed by atoms with Crippen molar-refractivity contribution in [2.24, 2.45) is 0 Å². The van der Waals surface area contributed by atoms with E-state index in [4.69, 9.17) is 9.47 Å². The number of carbonyl (C=O) groups is 1. The van der Waals surface area contributed by atoms with Gasteiger partial charge in [0, 0.05) is 20.6 Å². The van der Waals surface area contributed by atoms with E-state index in [0.29, 0.717) is 6.29 Å². The maximum atomic E-state index is 11.2. The first kappa shape index (κ1) is 61.7. The number of unbranched alkanes of at least 4 members (excludes halogenated alkanes) is 1. The number of nitrogens with zero attached hydrogens (tertiary/aromatic N) is 4. The molecule has 7 atom stereocenters. The second-order valence-corrected chi connectivity index (χ2v) is 15.0. The summed E-state index contributed by atoms with van der Waals surface area (Å²) in [4.78, 5) is 24.2. The van der Waals surface area contributed by atoms with Crippen molar-refractivity contribution in [2.75, 3.05) is 29.8 Å². The Morgan fingerprint density at radius 1 is 0.596 bits per heavy atom. The van der Waals surface area contributed by atoms with E-state index in [2.05, 4.69) is 25.6 Å². The third-order valence-electron chi connectivity index (χ3n) is 7.10. The van der Waals surface area contributed by atoms with E-state index >= 15 is 0 Å². The maximum absolute atomic E-state index is 11.2. The predicted octanol–water partition coefficient (Wildman–Crippen LogP) is -12.9. The summed E-state index contributed by atoms with van der Waals surface area (Å²) >= 11 is 0. The number of aldehydes is 1. The zero-order valence-electron chi connectivity index (χ0n) is 32.3. The normalized spacial score (nSPS) is 15.6. The number of carbonyl (C=O) groups excluding carboxylic acids is 1. The van der Waals surface area contributed by atoms with Crippen LogP contribution in [-0.4, -0.2) is 143 Å². The number of nitrogens with one attached hydrogen (secondary N) is 5. The number of aliphatic hydroxyl groups excluding tert-OH is 5. The summed E-state index contributed by atoms with van der Waals surface area (Å²) in [5, 5.41) is 58.3. The van der Waals surface area contributed by atoms with Crippen molar-refractivity contribution in [3.63, 3.8) is 0 Å². The third-order valence-corrected chi connectivity index (χ3v) is 8.76. The molecule has 1 aromatic heterocycles. The number of anilines is 3. The van der Waals surface area contributed by atoms with Gasteiger partial charge in [0.05, 0.1) is 0 Å². The monoisotopic (exact) mass is 911 g/mol. The standard InChI is InChI=1S/C25H51N9O17S3.3Na/c1-50-19(32-53(44,45)46)11-6-9-17(37)27-24-28-23(26-16(36)8-5-10-18(38)31-52(41,42)43)29-25(30-24)34(21(39)13-3-4-15-35)22(40)14-7-12-20(51-2)33-54(47,48)49;;;/h15-22,31-33,36-40H,3-14H2,1-2H3,(H,41,42,43)(H,44,45,46)(H,47,48,49)(H2,26,27,28,29,30);;;/q;3*+1/p-3. The first-order valence-electron chi connectivity index (χ1n) is 16.2. The number of ether oxygens (including phenoxy) is 2. The van der Waals surface area contributed by atoms with E-state index in [1.165, 1.54) is 4.72 Å². The van der Waals surface area contributed by atoms with Gasteiger partial charge in [-0.25, -0.2) is 25.3 Å². The van der Waals surface area contributed by atoms with Crippen LogP contribution in [0.15, 0.2) is 0 Å². The van der Waals surface area contributed by atoms with Crippen molar-refractivity contribution in [1.29, 1.82) is 0 Å². The molecule has 1 aromatic rings. The molecule has 26 nitrogen and oxygen atoms in total. The molecule has 316 valence electrons. The molecular weight excluding hydrogens is 863 g/mol. The minimum absolute atomic E-state index is 0. The van der Waals surface area contributed by atoms with Crippen LogP contribution in [-0.2, 0) is 45.2 Å². The van der Waals surface area contributed by atoms with E-state index in [-0.39, 0.29) is 166 Å². The molecule has 0 aliphatic heterocycles. The van der Waals surface area contributed by atoms with E-state index < -0.39 is 92.4 Å². The Bertz CT molecular complexity index is 1600. The fourth-order valence-electron chi connectivity index (χ4n) is 4.66. The summed E-state index contributed by atoms with van der Waals surface area (Å²) in [6.45, 7) is 0. The summed E-state index contributed by atoms with van der Waals surface area (Å²) in [5.41, 5.74) is 0. The molecule has 0 aliphatic carbocycles. The SMILES string of the molecule is COC(CCCC(O)Nc1nc(NC(O)CCCC(O)NS(=O)(=O)[O-])nc(N(C(O)CCCC=O)C(O)CCCC(NS(=O)(=O)[O-])OC)n1)NS(=O)(=O)[O-].[Na+].[Na+].[Na+]. The Morgan fingerprint density at radius 2 is 0.965 bits per heavy atom. The van der Waals surface area contributed by atoms with E-state index in [0.717, 1.165) is 19.1 Å². The molecule has 10 N–H and O–H groups in total. The van der Waals surface area contributed by atoms with Gasteiger partial charge >= 0.3 is 88.7 Å². The molecule has 0 radical (unpaired) electrons. The van der Waals surface area contributed by atoms with Gasteiger partial charge in [-0.1, -0.05) is 0 Å². The summed E-state index contributed by atoms with van der Waals surface area (Å²) in [7, 11) is -12.4. The quantitative estimate of drug-likeness (QED) is 0.0109. The molecule has 32 heteroatoms. The minimum Gasteiger partial charge on any atom is -0.735 e. The number of hydrogen-bond acceptors (Lipinski definition) is 23. The van der Waals surface area contributed by atoms with Gasteiger partial charge in [0.25, 0.3) is 0 Å². The van der Waals surface area contributed by atoms with Gasteiger partial charge in [-0.15, -0.1) is 0 Å². The first-order chi connectivity index (χ1) is 25.1. The fourth-order valence-corrected chi connectivity index (χ4v) is 6.19. The summed E-state index contributed by atoms with van der Waals surface area (Å²) in [5.74, 6) is -1.25. The van der Waals surface area contributed by atoms with Crippen LogP contribution in [0, 0.1) is 0 Å². The number of methoxy groups -OCH3 is 2. The van der Waals surface area contributed by atoms with Gasteiger partial charge in [-0.2, -0.15) is 29.1 Å². The fraction of sp³-hybridized carbons (Fsp3) is 0.840. The molecule has 0 bridgehead atoms. The van der Waals surface area contributed by atoms with Crippen molar-refractivity contribution in [1.82, 2.24) is 29.1 Å². The van der Waals surface area contributed by atoms with Crippen molar-refractivity contribution in [3.8, 4) is 0 Å². The van der Waals surface area contributed by atoms with E-state index in [1.807, 2.05) is 0 Å². The van der Waals surface area contributed by atoms with Crippen LogP contribution in [0.4, 0.5) is 17.8 Å². The van der Waals surface area contributed by atoms with Crippen LogP contribution < -0.4 is 118 Å². The van der Waals surface area contributed by atoms with Crippen LogP contribution in [0.1, 0.15) is 77.0 Å². The molecule has 57 heavy (non-hydrogen) atoms. The maximum Gasteiger partial charge on any atom is 1.00 e. The Kier molecular flexibility index (Phi) is 33.9. The molecule has 0 aromatic carbocycles. The molecule has 7 unspecified atom stereocenters. The van der Waals surface area contributed by atoms with Crippen LogP contribution in [0.3, 0.4) is 0 Å². The third kappa shape index (κ3) is 30.2. The molecule has 0 saturated carbocycles. The van der Waals surface area contributed by atoms with Gasteiger partial charge in [-0.3, -0.25) is 4.90 Å². The summed E-state index contributed by atoms with van der Waals surface area (Å²) in [6, 6.07) is 0. The number of aliphatic hydroxyl groups is 5. The average molecular weight is 912 g/mol. The Labute approximate surface area is 398 Å². The van der Waals surface area contributed by atoms with Crippen molar-refractivity contribution < 1.29 is 167 Å². The molecule has 0 fully saturated rings. The smallest absolute Gasteiger partial charge is 0.735 e. The zero-order valence-corrected chi connectivity index (χ0v) is 40.7. The van der Waals surface area contributed by atoms with Gasteiger partial charge in [0.2, 0.25) is 17.8 Å². The molecular formula is C25H48N9Na3O17S3. The van der Waals surface area contributed by atoms with E-state index in [9.17, 15) is 69.2 Å². The zero-order chi connectivity index (χ0) is 41.1. The van der Waals surface area contributed by atoms with Crippen LogP contribution >= 0.6 is 0 Å². The molecule has 1 heterocycles. The Morgan fingerprint density at radius 3 is 1.35 bits per heavy atom. The molecule has 0 amide bonds. The van der Waals surface area contributed by atoms with Crippen molar-refractivity contribution in [3.05, 3.63) is 0 Å². The summed E-state index contributed by atoms with van der Waals surface area (Å²) < 4.78 is 113. The first-order valence-corrected chi connectivity index (χ1v) is 20.4. The summed E-state index contributed by atoms with van der Waals surface area (Å²) in [6.07, 6.45) is -10.5. The van der Waals surface area contributed by atoms with Crippen LogP contribution in [0.5, 0.6) is 0 Å². The topological polar surface area (TPSA) is 410 Å². The van der Waals surface area contributed by atoms with Gasteiger partial charge in [0.15, 0.2) is 30.9 Å².